The Hall–Kier alpha value is -3.32. The van der Waals surface area contributed by atoms with Crippen LogP contribution in [-0.2, 0) is 9.84 Å². The Bertz CT molecular complexity index is 1340. The van der Waals surface area contributed by atoms with E-state index in [0.29, 0.717) is 22.2 Å². The predicted octanol–water partition coefficient (Wildman–Crippen LogP) is 5.02. The molecule has 4 aromatic rings. The molecule has 7 heteroatoms. The number of fused-ring (bicyclic) bond motifs is 1. The molecule has 0 aliphatic heterocycles. The summed E-state index contributed by atoms with van der Waals surface area (Å²) in [7, 11) is -2.92. The zero-order valence-corrected chi connectivity index (χ0v) is 16.1. The molecular weight excluding hydrogens is 396 g/mol. The lowest BCUT2D eigenvalue weighted by Gasteiger charge is -2.15. The fraction of sp³-hybridized carbons (Fsp3) is 0.0455. The van der Waals surface area contributed by atoms with Crippen LogP contribution in [0.4, 0.5) is 8.78 Å². The number of aromatic nitrogens is 1. The predicted molar refractivity (Wildman–Crippen MR) is 106 cm³/mol. The van der Waals surface area contributed by atoms with Gasteiger partial charge in [-0.05, 0) is 42.0 Å². The molecule has 0 radical (unpaired) electrons. The van der Waals surface area contributed by atoms with Crippen LogP contribution in [0.1, 0.15) is 0 Å². The van der Waals surface area contributed by atoms with Crippen LogP contribution in [-0.4, -0.2) is 20.5 Å². The van der Waals surface area contributed by atoms with Crippen molar-refractivity contribution >= 4 is 20.7 Å². The molecule has 0 fully saturated rings. The molecule has 1 aromatic heterocycles. The number of sulfone groups is 1. The Labute approximate surface area is 166 Å². The summed E-state index contributed by atoms with van der Waals surface area (Å²) < 4.78 is 60.7. The number of halogens is 2. The molecule has 0 aliphatic rings. The molecular formula is C22H15F2NO3S. The van der Waals surface area contributed by atoms with Crippen molar-refractivity contribution in [1.29, 1.82) is 0 Å². The van der Waals surface area contributed by atoms with E-state index in [2.05, 4.69) is 4.98 Å². The Balaban J connectivity index is 2.13. The third-order valence-electron chi connectivity index (χ3n) is 4.54. The van der Waals surface area contributed by atoms with E-state index in [1.807, 2.05) is 0 Å². The average molecular weight is 411 g/mol. The van der Waals surface area contributed by atoms with E-state index >= 15 is 4.39 Å². The molecule has 0 aliphatic carbocycles. The zero-order valence-electron chi connectivity index (χ0n) is 15.3. The lowest BCUT2D eigenvalue weighted by Crippen LogP contribution is -2.09. The van der Waals surface area contributed by atoms with E-state index in [0.717, 1.165) is 12.1 Å². The quantitative estimate of drug-likeness (QED) is 0.443. The number of hydrogen-bond donors (Lipinski definition) is 0. The number of nitrogens with zero attached hydrogens (tertiary/aromatic N) is 1. The molecule has 0 saturated heterocycles. The van der Waals surface area contributed by atoms with Crippen molar-refractivity contribution in [1.82, 2.24) is 4.98 Å². The minimum Gasteiger partial charge on any atom is -0.497 e. The highest BCUT2D eigenvalue weighted by Gasteiger charge is 2.29. The summed E-state index contributed by atoms with van der Waals surface area (Å²) in [6.45, 7) is 0. The van der Waals surface area contributed by atoms with Crippen molar-refractivity contribution in [2.45, 2.75) is 9.79 Å². The largest absolute Gasteiger partial charge is 0.497 e. The normalized spacial score (nSPS) is 11.6. The summed E-state index contributed by atoms with van der Waals surface area (Å²) in [4.78, 5) is 2.90. The Morgan fingerprint density at radius 1 is 0.897 bits per heavy atom. The summed E-state index contributed by atoms with van der Waals surface area (Å²) in [5.41, 5.74) is 0.897. The lowest BCUT2D eigenvalue weighted by atomic mass is 10.0. The van der Waals surface area contributed by atoms with E-state index < -0.39 is 26.5 Å². The van der Waals surface area contributed by atoms with Gasteiger partial charge in [-0.3, -0.25) is 0 Å². The molecule has 4 nitrogen and oxygen atoms in total. The van der Waals surface area contributed by atoms with Gasteiger partial charge < -0.3 is 4.74 Å². The van der Waals surface area contributed by atoms with Crippen LogP contribution in [0, 0.1) is 11.8 Å². The van der Waals surface area contributed by atoms with Crippen LogP contribution in [0.3, 0.4) is 0 Å². The first-order chi connectivity index (χ1) is 13.9. The summed E-state index contributed by atoms with van der Waals surface area (Å²) >= 11 is 0. The molecule has 29 heavy (non-hydrogen) atoms. The van der Waals surface area contributed by atoms with Crippen LogP contribution < -0.4 is 4.74 Å². The smallest absolute Gasteiger partial charge is 0.233 e. The maximum Gasteiger partial charge on any atom is 0.233 e. The van der Waals surface area contributed by atoms with Crippen molar-refractivity contribution in [3.63, 3.8) is 0 Å². The van der Waals surface area contributed by atoms with Gasteiger partial charge >= 0.3 is 0 Å². The fourth-order valence-corrected chi connectivity index (χ4v) is 4.75. The molecule has 146 valence electrons. The number of hydrogen-bond acceptors (Lipinski definition) is 4. The fourth-order valence-electron chi connectivity index (χ4n) is 3.23. The van der Waals surface area contributed by atoms with Gasteiger partial charge in [0.15, 0.2) is 0 Å². The monoisotopic (exact) mass is 411 g/mol. The molecule has 0 saturated carbocycles. The van der Waals surface area contributed by atoms with Crippen molar-refractivity contribution in [2.75, 3.05) is 7.11 Å². The molecule has 1 heterocycles. The second-order valence-corrected chi connectivity index (χ2v) is 8.20. The minimum absolute atomic E-state index is 0.149. The van der Waals surface area contributed by atoms with Crippen LogP contribution in [0.25, 0.3) is 22.0 Å². The lowest BCUT2D eigenvalue weighted by molar-refractivity contribution is 0.415. The van der Waals surface area contributed by atoms with Gasteiger partial charge in [0.1, 0.15) is 16.5 Å². The summed E-state index contributed by atoms with van der Waals surface area (Å²) in [6.07, 6.45) is 0. The second kappa shape index (κ2) is 7.25. The SMILES string of the molecule is COc1cccc(-c2c(S(=O)(=O)c3cccc(F)c3)c(F)nc3ccccc23)c1. The first-order valence-corrected chi connectivity index (χ1v) is 10.1. The number of pyridine rings is 1. The van der Waals surface area contributed by atoms with E-state index in [1.54, 1.807) is 48.5 Å². The molecule has 0 amide bonds. The highest BCUT2D eigenvalue weighted by Crippen LogP contribution is 2.39. The van der Waals surface area contributed by atoms with Crippen molar-refractivity contribution in [2.24, 2.45) is 0 Å². The highest BCUT2D eigenvalue weighted by atomic mass is 32.2. The molecule has 0 atom stereocenters. The molecule has 0 bridgehead atoms. The van der Waals surface area contributed by atoms with Crippen molar-refractivity contribution in [3.05, 3.63) is 84.6 Å². The Morgan fingerprint density at radius 3 is 2.41 bits per heavy atom. The van der Waals surface area contributed by atoms with Gasteiger partial charge in [-0.25, -0.2) is 17.8 Å². The van der Waals surface area contributed by atoms with E-state index in [-0.39, 0.29) is 10.5 Å². The van der Waals surface area contributed by atoms with Gasteiger partial charge in [0.2, 0.25) is 15.8 Å². The Morgan fingerprint density at radius 2 is 1.66 bits per heavy atom. The average Bonchev–Trinajstić information content (AvgIpc) is 2.72. The van der Waals surface area contributed by atoms with Gasteiger partial charge in [-0.1, -0.05) is 36.4 Å². The molecule has 0 N–H and O–H groups in total. The number of rotatable bonds is 4. The first kappa shape index (κ1) is 19.0. The number of ether oxygens (including phenoxy) is 1. The second-order valence-electron chi connectivity index (χ2n) is 6.32. The topological polar surface area (TPSA) is 56.3 Å². The van der Waals surface area contributed by atoms with Gasteiger partial charge in [-0.2, -0.15) is 4.39 Å². The van der Waals surface area contributed by atoms with E-state index in [1.165, 1.54) is 19.2 Å². The molecule has 0 unspecified atom stereocenters. The van der Waals surface area contributed by atoms with Crippen molar-refractivity contribution < 1.29 is 21.9 Å². The van der Waals surface area contributed by atoms with Gasteiger partial charge in [0.25, 0.3) is 0 Å². The summed E-state index contributed by atoms with van der Waals surface area (Å²) in [6, 6.07) is 17.8. The zero-order chi connectivity index (χ0) is 20.6. The van der Waals surface area contributed by atoms with E-state index in [9.17, 15) is 12.8 Å². The minimum atomic E-state index is -4.40. The maximum atomic E-state index is 15.1. The third kappa shape index (κ3) is 3.34. The first-order valence-electron chi connectivity index (χ1n) is 8.65. The molecule has 3 aromatic carbocycles. The number of methoxy groups -OCH3 is 1. The van der Waals surface area contributed by atoms with Crippen molar-refractivity contribution in [3.8, 4) is 16.9 Å². The Kier molecular flexibility index (Phi) is 4.76. The summed E-state index contributed by atoms with van der Waals surface area (Å²) in [5.74, 6) is -1.40. The van der Waals surface area contributed by atoms with Gasteiger partial charge in [0.05, 0.1) is 17.5 Å². The highest BCUT2D eigenvalue weighted by molar-refractivity contribution is 7.91. The standard InChI is InChI=1S/C22H15F2NO3S/c1-28-16-8-4-6-14(12-16)20-18-10-2-3-11-19(18)25-22(24)21(20)29(26,27)17-9-5-7-15(23)13-17/h2-13H,1H3. The maximum absolute atomic E-state index is 15.1. The van der Waals surface area contributed by atoms with Crippen LogP contribution in [0.2, 0.25) is 0 Å². The van der Waals surface area contributed by atoms with Crippen LogP contribution in [0.15, 0.2) is 82.6 Å². The van der Waals surface area contributed by atoms with Gasteiger partial charge in [-0.15, -0.1) is 0 Å². The van der Waals surface area contributed by atoms with E-state index in [4.69, 9.17) is 4.74 Å². The summed E-state index contributed by atoms with van der Waals surface area (Å²) in [5, 5.41) is 0.456. The third-order valence-corrected chi connectivity index (χ3v) is 6.32. The molecule has 4 rings (SSSR count). The number of benzene rings is 3. The number of para-hydroxylation sites is 1. The van der Waals surface area contributed by atoms with Crippen LogP contribution >= 0.6 is 0 Å². The molecule has 0 spiro atoms. The van der Waals surface area contributed by atoms with Gasteiger partial charge in [0, 0.05) is 10.9 Å². The van der Waals surface area contributed by atoms with Crippen LogP contribution in [0.5, 0.6) is 5.75 Å².